The average Bonchev–Trinajstić information content (AvgIpc) is 2.80. The fourth-order valence-electron chi connectivity index (χ4n) is 2.44. The summed E-state index contributed by atoms with van der Waals surface area (Å²) in [5.74, 6) is -0.819. The maximum atomic E-state index is 13.8. The average molecular weight is 365 g/mol. The first-order chi connectivity index (χ1) is 10.1. The molecule has 0 bridgehead atoms. The van der Waals surface area contributed by atoms with E-state index in [-0.39, 0.29) is 39.6 Å². The number of fused-ring (bicyclic) bond motifs is 1. The van der Waals surface area contributed by atoms with Crippen LogP contribution < -0.4 is 10.6 Å². The van der Waals surface area contributed by atoms with Gasteiger partial charge in [-0.2, -0.15) is 0 Å². The smallest absolute Gasteiger partial charge is 0.263 e. The Morgan fingerprint density at radius 1 is 1.50 bits per heavy atom. The first kappa shape index (κ1) is 17.4. The summed E-state index contributed by atoms with van der Waals surface area (Å²) >= 11 is 7.29. The number of hydrogen-bond donors (Lipinski definition) is 3. The van der Waals surface area contributed by atoms with Crippen LogP contribution >= 0.6 is 35.3 Å². The van der Waals surface area contributed by atoms with E-state index >= 15 is 0 Å². The maximum absolute atomic E-state index is 13.8. The van der Waals surface area contributed by atoms with Crippen LogP contribution in [0.4, 0.5) is 4.39 Å². The molecule has 3 rings (SSSR count). The summed E-state index contributed by atoms with van der Waals surface area (Å²) in [4.78, 5) is 12.6. The van der Waals surface area contributed by atoms with E-state index < -0.39 is 11.9 Å². The second-order valence-electron chi connectivity index (χ2n) is 5.00. The molecule has 0 saturated carbocycles. The molecule has 1 aliphatic rings. The number of nitrogens with one attached hydrogen (secondary N) is 2. The Balaban J connectivity index is 0.00000176. The number of aliphatic hydroxyl groups excluding tert-OH is 1. The molecule has 1 fully saturated rings. The minimum absolute atomic E-state index is 0. The van der Waals surface area contributed by atoms with Gasteiger partial charge >= 0.3 is 0 Å². The number of hydrogen-bond acceptors (Lipinski definition) is 4. The lowest BCUT2D eigenvalue weighted by atomic mass is 10.0. The van der Waals surface area contributed by atoms with Gasteiger partial charge in [0.2, 0.25) is 0 Å². The molecule has 0 aliphatic carbocycles. The normalized spacial score (nSPS) is 21.4. The highest BCUT2D eigenvalue weighted by molar-refractivity contribution is 7.21. The summed E-state index contributed by atoms with van der Waals surface area (Å²) in [5, 5.41) is 16.1. The molecule has 1 amide bonds. The van der Waals surface area contributed by atoms with Crippen molar-refractivity contribution in [2.75, 3.05) is 13.1 Å². The Kier molecular flexibility index (Phi) is 5.63. The molecule has 0 spiro atoms. The SMILES string of the molecule is Cl.O=C(N[C@@H]1CNCC[C@H]1O)c1sc2cccc(F)c2c1Cl. The molecule has 1 aromatic carbocycles. The van der Waals surface area contributed by atoms with Crippen molar-refractivity contribution >= 4 is 51.3 Å². The minimum atomic E-state index is -0.583. The number of benzene rings is 1. The molecule has 3 N–H and O–H groups in total. The highest BCUT2D eigenvalue weighted by Gasteiger charge is 2.27. The summed E-state index contributed by atoms with van der Waals surface area (Å²) < 4.78 is 14.4. The van der Waals surface area contributed by atoms with E-state index in [4.69, 9.17) is 11.6 Å². The van der Waals surface area contributed by atoms with Gasteiger partial charge < -0.3 is 15.7 Å². The molecule has 0 unspecified atom stereocenters. The first-order valence-corrected chi connectivity index (χ1v) is 7.83. The topological polar surface area (TPSA) is 61.4 Å². The van der Waals surface area contributed by atoms with Crippen molar-refractivity contribution in [1.29, 1.82) is 0 Å². The molecule has 1 saturated heterocycles. The zero-order chi connectivity index (χ0) is 15.0. The number of aliphatic hydroxyl groups is 1. The van der Waals surface area contributed by atoms with Crippen LogP contribution in [0.2, 0.25) is 5.02 Å². The zero-order valence-electron chi connectivity index (χ0n) is 11.4. The second kappa shape index (κ2) is 7.10. The molecule has 22 heavy (non-hydrogen) atoms. The van der Waals surface area contributed by atoms with E-state index in [1.54, 1.807) is 12.1 Å². The third kappa shape index (κ3) is 3.21. The second-order valence-corrected chi connectivity index (χ2v) is 6.43. The predicted molar refractivity (Wildman–Crippen MR) is 88.8 cm³/mol. The number of rotatable bonds is 2. The first-order valence-electron chi connectivity index (χ1n) is 6.64. The lowest BCUT2D eigenvalue weighted by Gasteiger charge is -2.28. The van der Waals surface area contributed by atoms with Gasteiger partial charge in [0.1, 0.15) is 10.7 Å². The molecule has 2 heterocycles. The molecular formula is C14H15Cl2FN2O2S. The molecule has 120 valence electrons. The van der Waals surface area contributed by atoms with Crippen molar-refractivity contribution < 1.29 is 14.3 Å². The lowest BCUT2D eigenvalue weighted by Crippen LogP contribution is -2.53. The van der Waals surface area contributed by atoms with Crippen LogP contribution in [-0.2, 0) is 0 Å². The highest BCUT2D eigenvalue weighted by atomic mass is 35.5. The third-order valence-electron chi connectivity index (χ3n) is 3.57. The number of piperidine rings is 1. The Labute approximate surface area is 142 Å². The van der Waals surface area contributed by atoms with Crippen LogP contribution in [0.25, 0.3) is 10.1 Å². The van der Waals surface area contributed by atoms with E-state index in [9.17, 15) is 14.3 Å². The van der Waals surface area contributed by atoms with E-state index in [1.807, 2.05) is 0 Å². The molecule has 8 heteroatoms. The standard InChI is InChI=1S/C14H14ClFN2O2S.ClH/c15-12-11-7(16)2-1-3-10(11)21-13(12)14(20)18-8-6-17-5-4-9(8)19;/h1-3,8-9,17,19H,4-6H2,(H,18,20);1H/t8-,9-;/m1./s1. The van der Waals surface area contributed by atoms with Gasteiger partial charge in [-0.25, -0.2) is 4.39 Å². The van der Waals surface area contributed by atoms with E-state index in [1.165, 1.54) is 6.07 Å². The quantitative estimate of drug-likeness (QED) is 0.767. The summed E-state index contributed by atoms with van der Waals surface area (Å²) in [7, 11) is 0. The lowest BCUT2D eigenvalue weighted by molar-refractivity contribution is 0.0758. The number of halogens is 3. The maximum Gasteiger partial charge on any atom is 0.263 e. The third-order valence-corrected chi connectivity index (χ3v) is 5.22. The molecule has 4 nitrogen and oxygen atoms in total. The molecular weight excluding hydrogens is 350 g/mol. The van der Waals surface area contributed by atoms with Crippen molar-refractivity contribution in [3.8, 4) is 0 Å². The fraction of sp³-hybridized carbons (Fsp3) is 0.357. The molecule has 2 atom stereocenters. The summed E-state index contributed by atoms with van der Waals surface area (Å²) in [6.07, 6.45) is -0.000192. The number of carbonyl (C=O) groups excluding carboxylic acids is 1. The van der Waals surface area contributed by atoms with Gasteiger partial charge in [-0.05, 0) is 25.1 Å². The number of thiophene rings is 1. The number of amides is 1. The fourth-order valence-corrected chi connectivity index (χ4v) is 3.90. The molecule has 1 aliphatic heterocycles. The monoisotopic (exact) mass is 364 g/mol. The number of carbonyl (C=O) groups is 1. The van der Waals surface area contributed by atoms with Crippen molar-refractivity contribution in [3.63, 3.8) is 0 Å². The van der Waals surface area contributed by atoms with Crippen LogP contribution in [0.5, 0.6) is 0 Å². The van der Waals surface area contributed by atoms with E-state index in [2.05, 4.69) is 10.6 Å². The van der Waals surface area contributed by atoms with Gasteiger partial charge in [0.05, 0.1) is 17.2 Å². The van der Waals surface area contributed by atoms with Crippen LogP contribution in [-0.4, -0.2) is 36.2 Å². The minimum Gasteiger partial charge on any atom is -0.391 e. The van der Waals surface area contributed by atoms with Crippen molar-refractivity contribution in [3.05, 3.63) is 33.9 Å². The van der Waals surface area contributed by atoms with Crippen LogP contribution in [0, 0.1) is 5.82 Å². The Morgan fingerprint density at radius 2 is 2.27 bits per heavy atom. The van der Waals surface area contributed by atoms with Gasteiger partial charge in [-0.15, -0.1) is 23.7 Å². The van der Waals surface area contributed by atoms with Crippen molar-refractivity contribution in [1.82, 2.24) is 10.6 Å². The van der Waals surface area contributed by atoms with Crippen molar-refractivity contribution in [2.45, 2.75) is 18.6 Å². The Bertz CT molecular complexity index is 695. The van der Waals surface area contributed by atoms with Crippen molar-refractivity contribution in [2.24, 2.45) is 0 Å². The molecule has 1 aromatic heterocycles. The summed E-state index contributed by atoms with van der Waals surface area (Å²) in [6, 6.07) is 4.26. The Morgan fingerprint density at radius 3 is 2.95 bits per heavy atom. The van der Waals surface area contributed by atoms with Gasteiger partial charge in [-0.1, -0.05) is 17.7 Å². The van der Waals surface area contributed by atoms with Gasteiger partial charge in [0.25, 0.3) is 5.91 Å². The summed E-state index contributed by atoms with van der Waals surface area (Å²) in [5.41, 5.74) is 0. The largest absolute Gasteiger partial charge is 0.391 e. The summed E-state index contributed by atoms with van der Waals surface area (Å²) in [6.45, 7) is 1.23. The van der Waals surface area contributed by atoms with E-state index in [0.29, 0.717) is 17.7 Å². The Hall–Kier alpha value is -0.920. The van der Waals surface area contributed by atoms with Crippen LogP contribution in [0.1, 0.15) is 16.1 Å². The molecule has 0 radical (unpaired) electrons. The van der Waals surface area contributed by atoms with Crippen LogP contribution in [0.3, 0.4) is 0 Å². The van der Waals surface area contributed by atoms with E-state index in [0.717, 1.165) is 17.9 Å². The van der Waals surface area contributed by atoms with Gasteiger partial charge in [-0.3, -0.25) is 4.79 Å². The highest BCUT2D eigenvalue weighted by Crippen LogP contribution is 2.36. The van der Waals surface area contributed by atoms with Gasteiger partial charge in [0.15, 0.2) is 0 Å². The van der Waals surface area contributed by atoms with Crippen LogP contribution in [0.15, 0.2) is 18.2 Å². The molecule has 2 aromatic rings. The zero-order valence-corrected chi connectivity index (χ0v) is 13.8. The van der Waals surface area contributed by atoms with Gasteiger partial charge in [0, 0.05) is 16.6 Å². The predicted octanol–water partition coefficient (Wildman–Crippen LogP) is 2.57.